The first-order valence-electron chi connectivity index (χ1n) is 15.5. The van der Waals surface area contributed by atoms with Gasteiger partial charge in [0.2, 0.25) is 0 Å². The third-order valence-electron chi connectivity index (χ3n) is 9.52. The zero-order chi connectivity index (χ0) is 28.3. The molecule has 2 atom stereocenters. The predicted molar refractivity (Wildman–Crippen MR) is 163 cm³/mol. The number of halogens is 1. The number of benzene rings is 2. The molecule has 3 fully saturated rings. The highest BCUT2D eigenvalue weighted by Crippen LogP contribution is 2.45. The molecule has 0 N–H and O–H groups in total. The van der Waals surface area contributed by atoms with E-state index >= 15 is 0 Å². The molecule has 0 aromatic heterocycles. The smallest absolute Gasteiger partial charge is 0.326 e. The molecule has 2 aromatic carbocycles. The molecule has 2 saturated heterocycles. The minimum atomic E-state index is -0.189. The van der Waals surface area contributed by atoms with Gasteiger partial charge in [-0.2, -0.15) is 0 Å². The van der Waals surface area contributed by atoms with Crippen molar-refractivity contribution in [2.45, 2.75) is 76.4 Å². The number of piperidine rings is 1. The van der Waals surface area contributed by atoms with Crippen molar-refractivity contribution in [3.8, 4) is 11.5 Å². The molecule has 0 radical (unpaired) electrons. The fourth-order valence-corrected chi connectivity index (χ4v) is 7.53. The monoisotopic (exact) mass is 578 g/mol. The molecule has 8 heteroatoms. The summed E-state index contributed by atoms with van der Waals surface area (Å²) in [6, 6.07) is 14.3. The van der Waals surface area contributed by atoms with Crippen molar-refractivity contribution in [2.24, 2.45) is 10.9 Å². The summed E-state index contributed by atoms with van der Waals surface area (Å²) in [6.45, 7) is 6.42. The Kier molecular flexibility index (Phi) is 8.73. The van der Waals surface area contributed by atoms with Crippen LogP contribution in [-0.4, -0.2) is 78.5 Å². The molecule has 6 rings (SSSR count). The van der Waals surface area contributed by atoms with E-state index in [1.165, 1.54) is 38.8 Å². The standard InChI is InChI=1S/C33H43ClN4O3/c1-3-41-29-22-27(40-2)14-15-28(29)32-35-30(23-8-4-5-9-23)31(24-10-12-25(34)13-11-24)38(32)33(39)37-20-16-26(17-21-37)36-18-6-7-19-36/h10-15,22-23,26,30-31H,3-9,16-21H2,1-2H3. The highest BCUT2D eigenvalue weighted by Gasteiger charge is 2.47. The molecular weight excluding hydrogens is 536 g/mol. The number of methoxy groups -OCH3 is 1. The normalized spacial score (nSPS) is 24.2. The van der Waals surface area contributed by atoms with E-state index in [2.05, 4.69) is 21.9 Å². The highest BCUT2D eigenvalue weighted by molar-refractivity contribution is 6.30. The fraction of sp³-hybridized carbons (Fsp3) is 0.576. The van der Waals surface area contributed by atoms with Crippen molar-refractivity contribution >= 4 is 23.5 Å². The van der Waals surface area contributed by atoms with E-state index in [0.29, 0.717) is 35.2 Å². The van der Waals surface area contributed by atoms with Crippen LogP contribution < -0.4 is 9.47 Å². The molecule has 2 amide bonds. The van der Waals surface area contributed by atoms with E-state index in [1.54, 1.807) is 7.11 Å². The second kappa shape index (κ2) is 12.6. The topological polar surface area (TPSA) is 57.6 Å². The van der Waals surface area contributed by atoms with Crippen molar-refractivity contribution < 1.29 is 14.3 Å². The minimum Gasteiger partial charge on any atom is -0.497 e. The molecule has 0 bridgehead atoms. The first-order valence-corrected chi connectivity index (χ1v) is 15.9. The van der Waals surface area contributed by atoms with Crippen molar-refractivity contribution in [1.82, 2.24) is 14.7 Å². The second-order valence-corrected chi connectivity index (χ2v) is 12.3. The van der Waals surface area contributed by atoms with Gasteiger partial charge in [-0.05, 0) is 94.3 Å². The lowest BCUT2D eigenvalue weighted by atomic mass is 9.88. The number of carbonyl (C=O) groups is 1. The van der Waals surface area contributed by atoms with Gasteiger partial charge in [-0.1, -0.05) is 36.6 Å². The van der Waals surface area contributed by atoms with E-state index in [-0.39, 0.29) is 18.1 Å². The lowest BCUT2D eigenvalue weighted by Gasteiger charge is -2.40. The maximum absolute atomic E-state index is 14.7. The minimum absolute atomic E-state index is 0.0173. The fourth-order valence-electron chi connectivity index (χ4n) is 7.41. The molecule has 3 heterocycles. The van der Waals surface area contributed by atoms with Gasteiger partial charge in [0.1, 0.15) is 17.3 Å². The van der Waals surface area contributed by atoms with Gasteiger partial charge < -0.3 is 19.3 Å². The summed E-state index contributed by atoms with van der Waals surface area (Å²) in [5.41, 5.74) is 1.92. The first-order chi connectivity index (χ1) is 20.1. The molecular formula is C33H43ClN4O3. The van der Waals surface area contributed by atoms with E-state index in [4.69, 9.17) is 26.1 Å². The quantitative estimate of drug-likeness (QED) is 0.363. The molecule has 7 nitrogen and oxygen atoms in total. The molecule has 220 valence electrons. The maximum atomic E-state index is 14.7. The van der Waals surface area contributed by atoms with Gasteiger partial charge in [-0.25, -0.2) is 4.79 Å². The SMILES string of the molecule is CCOc1cc(OC)ccc1C1=NC(C2CCCC2)C(c2ccc(Cl)cc2)N1C(=O)N1CCC(N2CCCC2)CC1. The number of urea groups is 1. The number of ether oxygens (including phenoxy) is 2. The van der Waals surface area contributed by atoms with Crippen LogP contribution in [0.5, 0.6) is 11.5 Å². The number of likely N-dealkylation sites (tertiary alicyclic amines) is 2. The molecule has 1 aliphatic carbocycles. The average molecular weight is 579 g/mol. The first kappa shape index (κ1) is 28.4. The van der Waals surface area contributed by atoms with Crippen molar-refractivity contribution in [2.75, 3.05) is 39.9 Å². The van der Waals surface area contributed by atoms with Gasteiger partial charge in [-0.15, -0.1) is 0 Å². The summed E-state index contributed by atoms with van der Waals surface area (Å²) in [6.07, 6.45) is 9.33. The summed E-state index contributed by atoms with van der Waals surface area (Å²) >= 11 is 6.33. The Labute approximate surface area is 249 Å². The molecule has 2 aromatic rings. The van der Waals surface area contributed by atoms with Crippen LogP contribution >= 0.6 is 11.6 Å². The third kappa shape index (κ3) is 5.80. The van der Waals surface area contributed by atoms with Gasteiger partial charge in [0.15, 0.2) is 0 Å². The molecule has 41 heavy (non-hydrogen) atoms. The zero-order valence-corrected chi connectivity index (χ0v) is 25.2. The summed E-state index contributed by atoms with van der Waals surface area (Å²) < 4.78 is 11.6. The molecule has 4 aliphatic rings. The van der Waals surface area contributed by atoms with E-state index in [9.17, 15) is 4.79 Å². The summed E-state index contributed by atoms with van der Waals surface area (Å²) in [5, 5.41) is 0.695. The Morgan fingerprint density at radius 1 is 0.951 bits per heavy atom. The van der Waals surface area contributed by atoms with Gasteiger partial charge in [0.05, 0.1) is 31.4 Å². The van der Waals surface area contributed by atoms with Crippen LogP contribution in [0.4, 0.5) is 4.79 Å². The predicted octanol–water partition coefficient (Wildman–Crippen LogP) is 6.79. The van der Waals surface area contributed by atoms with Crippen LogP contribution in [0, 0.1) is 5.92 Å². The molecule has 3 aliphatic heterocycles. The Hall–Kier alpha value is -2.77. The summed E-state index contributed by atoms with van der Waals surface area (Å²) in [5.74, 6) is 2.55. The number of rotatable bonds is 7. The summed E-state index contributed by atoms with van der Waals surface area (Å²) in [7, 11) is 1.66. The Balaban J connectivity index is 1.39. The van der Waals surface area contributed by atoms with Crippen molar-refractivity contribution in [3.05, 3.63) is 58.6 Å². The van der Waals surface area contributed by atoms with Crippen LogP contribution in [0.1, 0.15) is 75.5 Å². The van der Waals surface area contributed by atoms with Crippen molar-refractivity contribution in [1.29, 1.82) is 0 Å². The largest absolute Gasteiger partial charge is 0.497 e. The molecule has 1 saturated carbocycles. The van der Waals surface area contributed by atoms with Crippen LogP contribution in [0.25, 0.3) is 0 Å². The number of aliphatic imine (C=N–C) groups is 1. The lowest BCUT2D eigenvalue weighted by Crippen LogP contribution is -2.52. The molecule has 2 unspecified atom stereocenters. The highest BCUT2D eigenvalue weighted by atomic mass is 35.5. The number of amides is 2. The third-order valence-corrected chi connectivity index (χ3v) is 9.78. The Morgan fingerprint density at radius 2 is 1.66 bits per heavy atom. The number of hydrogen-bond donors (Lipinski definition) is 0. The van der Waals surface area contributed by atoms with Gasteiger partial charge in [0, 0.05) is 30.2 Å². The Bertz CT molecular complexity index is 1230. The lowest BCUT2D eigenvalue weighted by molar-refractivity contribution is 0.115. The van der Waals surface area contributed by atoms with Gasteiger partial charge in [-0.3, -0.25) is 9.89 Å². The van der Waals surface area contributed by atoms with E-state index in [1.807, 2.05) is 42.2 Å². The number of carbonyl (C=O) groups excluding carboxylic acids is 1. The van der Waals surface area contributed by atoms with Crippen LogP contribution in [0.15, 0.2) is 47.5 Å². The van der Waals surface area contributed by atoms with Gasteiger partial charge >= 0.3 is 6.03 Å². The zero-order valence-electron chi connectivity index (χ0n) is 24.4. The number of hydrogen-bond acceptors (Lipinski definition) is 5. The summed E-state index contributed by atoms with van der Waals surface area (Å²) in [4.78, 5) is 26.8. The number of nitrogens with zero attached hydrogens (tertiary/aromatic N) is 4. The van der Waals surface area contributed by atoms with E-state index in [0.717, 1.165) is 55.6 Å². The van der Waals surface area contributed by atoms with Gasteiger partial charge in [0.25, 0.3) is 0 Å². The Morgan fingerprint density at radius 3 is 2.32 bits per heavy atom. The second-order valence-electron chi connectivity index (χ2n) is 11.9. The molecule has 0 spiro atoms. The number of amidine groups is 1. The van der Waals surface area contributed by atoms with E-state index < -0.39 is 0 Å². The van der Waals surface area contributed by atoms with Crippen LogP contribution in [0.3, 0.4) is 0 Å². The van der Waals surface area contributed by atoms with Crippen LogP contribution in [0.2, 0.25) is 5.02 Å². The average Bonchev–Trinajstić information content (AvgIpc) is 3.79. The van der Waals surface area contributed by atoms with Crippen molar-refractivity contribution in [3.63, 3.8) is 0 Å². The van der Waals surface area contributed by atoms with Crippen LogP contribution in [-0.2, 0) is 0 Å². The maximum Gasteiger partial charge on any atom is 0.326 e.